The van der Waals surface area contributed by atoms with Gasteiger partial charge in [-0.1, -0.05) is 36.4 Å². The lowest BCUT2D eigenvalue weighted by molar-refractivity contribution is -0.175. The lowest BCUT2D eigenvalue weighted by Gasteiger charge is -2.22. The summed E-state index contributed by atoms with van der Waals surface area (Å²) in [5.74, 6) is -4.25. The number of hydrogen-bond acceptors (Lipinski definition) is 4. The minimum Gasteiger partial charge on any atom is -0.333 e. The smallest absolute Gasteiger partial charge is 0.333 e. The number of nitrogens with one attached hydrogen (secondary N) is 2. The molecule has 1 aromatic carbocycles. The van der Waals surface area contributed by atoms with Gasteiger partial charge >= 0.3 is 12.1 Å². The van der Waals surface area contributed by atoms with E-state index in [0.29, 0.717) is 12.8 Å². The van der Waals surface area contributed by atoms with Crippen LogP contribution >= 0.6 is 0 Å². The number of alkyl halides is 3. The van der Waals surface area contributed by atoms with Gasteiger partial charge in [-0.2, -0.15) is 13.2 Å². The van der Waals surface area contributed by atoms with Crippen LogP contribution in [-0.4, -0.2) is 36.7 Å². The summed E-state index contributed by atoms with van der Waals surface area (Å²) in [5, 5.41) is 1.64. The van der Waals surface area contributed by atoms with E-state index >= 15 is 0 Å². The van der Waals surface area contributed by atoms with Crippen molar-refractivity contribution in [2.75, 3.05) is 0 Å². The molecule has 6 nitrogen and oxygen atoms in total. The zero-order chi connectivity index (χ0) is 20.8. The van der Waals surface area contributed by atoms with Crippen molar-refractivity contribution in [1.82, 2.24) is 10.0 Å². The molecule has 2 saturated carbocycles. The molecule has 0 saturated heterocycles. The molecule has 2 aliphatic rings. The lowest BCUT2D eigenvalue weighted by Crippen LogP contribution is -2.56. The Morgan fingerprint density at radius 3 is 2.29 bits per heavy atom. The summed E-state index contributed by atoms with van der Waals surface area (Å²) in [5.41, 5.74) is -1.18. The second kappa shape index (κ2) is 6.61. The zero-order valence-corrected chi connectivity index (χ0v) is 15.6. The SMILES string of the molecule is C=C[C@@H]1C[C@]1(NC(=O)C(F)(F)F)C(=O)NS(=O)(=O)C1(Cc2ccccc2)CC1. The van der Waals surface area contributed by atoms with E-state index in [2.05, 4.69) is 6.58 Å². The molecule has 0 unspecified atom stereocenters. The first-order valence-electron chi connectivity index (χ1n) is 8.58. The highest BCUT2D eigenvalue weighted by atomic mass is 32.2. The van der Waals surface area contributed by atoms with Crippen molar-refractivity contribution >= 4 is 21.8 Å². The van der Waals surface area contributed by atoms with Gasteiger partial charge in [-0.15, -0.1) is 6.58 Å². The summed E-state index contributed by atoms with van der Waals surface area (Å²) in [6.45, 7) is 3.42. The second-order valence-electron chi connectivity index (χ2n) is 7.25. The molecule has 0 heterocycles. The summed E-state index contributed by atoms with van der Waals surface area (Å²) in [7, 11) is -4.16. The standard InChI is InChI=1S/C18H19F3N2O4S/c1-2-13-11-17(13,22-15(25)18(19,20)21)14(24)23-28(26,27)16(8-9-16)10-12-6-4-3-5-7-12/h2-7,13H,1,8-11H2,(H,22,25)(H,23,24)/t13-,17-/m1/s1. The number of benzene rings is 1. The molecule has 152 valence electrons. The summed E-state index contributed by atoms with van der Waals surface area (Å²) >= 11 is 0. The van der Waals surface area contributed by atoms with Crippen molar-refractivity contribution in [3.63, 3.8) is 0 Å². The Balaban J connectivity index is 1.77. The quantitative estimate of drug-likeness (QED) is 0.664. The highest BCUT2D eigenvalue weighted by Crippen LogP contribution is 2.48. The van der Waals surface area contributed by atoms with E-state index in [1.54, 1.807) is 35.6 Å². The molecule has 0 aliphatic heterocycles. The van der Waals surface area contributed by atoms with E-state index in [4.69, 9.17) is 0 Å². The highest BCUT2D eigenvalue weighted by molar-refractivity contribution is 7.91. The molecule has 28 heavy (non-hydrogen) atoms. The van der Waals surface area contributed by atoms with Gasteiger partial charge in [0.25, 0.3) is 5.91 Å². The molecule has 0 bridgehead atoms. The summed E-state index contributed by atoms with van der Waals surface area (Å²) in [4.78, 5) is 23.9. The molecule has 0 aromatic heterocycles. The average molecular weight is 416 g/mol. The zero-order valence-electron chi connectivity index (χ0n) is 14.8. The van der Waals surface area contributed by atoms with Gasteiger partial charge in [0, 0.05) is 5.92 Å². The number of carbonyl (C=O) groups excluding carboxylic acids is 2. The number of rotatable bonds is 7. The Bertz CT molecular complexity index is 911. The molecular weight excluding hydrogens is 397 g/mol. The normalized spacial score (nSPS) is 25.5. The third kappa shape index (κ3) is 3.65. The van der Waals surface area contributed by atoms with Crippen LogP contribution in [0, 0.1) is 5.92 Å². The number of sulfonamides is 1. The summed E-state index contributed by atoms with van der Waals surface area (Å²) < 4.78 is 64.1. The van der Waals surface area contributed by atoms with Crippen LogP contribution in [0.5, 0.6) is 0 Å². The molecule has 3 rings (SSSR count). The molecule has 2 aliphatic carbocycles. The van der Waals surface area contributed by atoms with E-state index in [-0.39, 0.29) is 12.8 Å². The van der Waals surface area contributed by atoms with Crippen LogP contribution in [0.15, 0.2) is 43.0 Å². The van der Waals surface area contributed by atoms with Gasteiger partial charge in [0.1, 0.15) is 5.54 Å². The van der Waals surface area contributed by atoms with Crippen LogP contribution < -0.4 is 10.0 Å². The first kappa shape index (κ1) is 20.4. The molecule has 2 atom stereocenters. The predicted octanol–water partition coefficient (Wildman–Crippen LogP) is 1.83. The predicted molar refractivity (Wildman–Crippen MR) is 94.4 cm³/mol. The van der Waals surface area contributed by atoms with E-state index in [9.17, 15) is 31.2 Å². The Hall–Kier alpha value is -2.36. The minimum atomic E-state index is -5.19. The van der Waals surface area contributed by atoms with Crippen LogP contribution in [-0.2, 0) is 26.0 Å². The molecule has 1 aromatic rings. The van der Waals surface area contributed by atoms with Gasteiger partial charge in [0.15, 0.2) is 0 Å². The summed E-state index contributed by atoms with van der Waals surface area (Å²) in [6.07, 6.45) is -3.27. The van der Waals surface area contributed by atoms with Crippen molar-refractivity contribution in [2.45, 2.75) is 42.1 Å². The Morgan fingerprint density at radius 1 is 1.21 bits per heavy atom. The van der Waals surface area contributed by atoms with E-state index in [1.807, 2.05) is 4.72 Å². The highest BCUT2D eigenvalue weighted by Gasteiger charge is 2.64. The lowest BCUT2D eigenvalue weighted by atomic mass is 10.1. The first-order valence-corrected chi connectivity index (χ1v) is 10.1. The fourth-order valence-electron chi connectivity index (χ4n) is 3.28. The molecule has 2 N–H and O–H groups in total. The largest absolute Gasteiger partial charge is 0.471 e. The Labute approximate surface area is 160 Å². The van der Waals surface area contributed by atoms with Crippen molar-refractivity contribution in [2.24, 2.45) is 5.92 Å². The fraction of sp³-hybridized carbons (Fsp3) is 0.444. The van der Waals surface area contributed by atoms with Crippen LogP contribution in [0.2, 0.25) is 0 Å². The van der Waals surface area contributed by atoms with E-state index in [0.717, 1.165) is 5.56 Å². The van der Waals surface area contributed by atoms with Gasteiger partial charge in [0.05, 0.1) is 4.75 Å². The number of carbonyl (C=O) groups is 2. The maximum absolute atomic E-state index is 12.8. The second-order valence-corrected chi connectivity index (χ2v) is 9.33. The Kier molecular flexibility index (Phi) is 4.81. The fourth-order valence-corrected chi connectivity index (χ4v) is 4.92. The number of amides is 2. The van der Waals surface area contributed by atoms with E-state index in [1.165, 1.54) is 6.08 Å². The maximum atomic E-state index is 12.8. The van der Waals surface area contributed by atoms with Crippen molar-refractivity contribution < 1.29 is 31.2 Å². The van der Waals surface area contributed by atoms with E-state index < -0.39 is 44.2 Å². The minimum absolute atomic E-state index is 0.147. The maximum Gasteiger partial charge on any atom is 0.471 e. The Morgan fingerprint density at radius 2 is 1.82 bits per heavy atom. The summed E-state index contributed by atoms with van der Waals surface area (Å²) in [6, 6.07) is 8.83. The van der Waals surface area contributed by atoms with Crippen molar-refractivity contribution in [3.8, 4) is 0 Å². The third-order valence-electron chi connectivity index (χ3n) is 5.27. The number of halogens is 3. The van der Waals surface area contributed by atoms with Crippen molar-refractivity contribution in [1.29, 1.82) is 0 Å². The van der Waals surface area contributed by atoms with Gasteiger partial charge in [-0.25, -0.2) is 8.42 Å². The van der Waals surface area contributed by atoms with Gasteiger partial charge < -0.3 is 5.32 Å². The molecule has 10 heteroatoms. The molecule has 0 spiro atoms. The van der Waals surface area contributed by atoms with Crippen LogP contribution in [0.1, 0.15) is 24.8 Å². The van der Waals surface area contributed by atoms with Crippen molar-refractivity contribution in [3.05, 3.63) is 48.6 Å². The topological polar surface area (TPSA) is 92.3 Å². The molecule has 0 radical (unpaired) electrons. The number of hydrogen-bond donors (Lipinski definition) is 2. The molecular formula is C18H19F3N2O4S. The molecule has 2 amide bonds. The monoisotopic (exact) mass is 416 g/mol. The van der Waals surface area contributed by atoms with Gasteiger partial charge in [0.2, 0.25) is 10.0 Å². The van der Waals surface area contributed by atoms with Gasteiger partial charge in [-0.05, 0) is 31.2 Å². The van der Waals surface area contributed by atoms with Gasteiger partial charge in [-0.3, -0.25) is 14.3 Å². The van der Waals surface area contributed by atoms with Crippen LogP contribution in [0.25, 0.3) is 0 Å². The third-order valence-corrected chi connectivity index (χ3v) is 7.42. The van der Waals surface area contributed by atoms with Crippen LogP contribution in [0.4, 0.5) is 13.2 Å². The average Bonchev–Trinajstić information content (AvgIpc) is 3.51. The van der Waals surface area contributed by atoms with Crippen LogP contribution in [0.3, 0.4) is 0 Å². The molecule has 2 fully saturated rings. The first-order chi connectivity index (χ1) is 13.0.